The maximum Gasteiger partial charge on any atom is 0.416 e. The second-order valence-electron chi connectivity index (χ2n) is 8.40. The molecule has 1 aliphatic heterocycles. The van der Waals surface area contributed by atoms with Crippen molar-refractivity contribution in [2.24, 2.45) is 5.92 Å². The fourth-order valence-electron chi connectivity index (χ4n) is 4.73. The average molecular weight is 518 g/mol. The molecule has 5 nitrogen and oxygen atoms in total. The van der Waals surface area contributed by atoms with Gasteiger partial charge in [-0.3, -0.25) is 9.59 Å². The smallest absolute Gasteiger partial charge is 0.416 e. The third-order valence-corrected chi connectivity index (χ3v) is 6.69. The minimum Gasteiger partial charge on any atom is -0.481 e. The number of rotatable bonds is 7. The van der Waals surface area contributed by atoms with E-state index in [1.54, 1.807) is 48.5 Å². The average Bonchev–Trinajstić information content (AvgIpc) is 2.76. The third-order valence-electron chi connectivity index (χ3n) is 6.21. The van der Waals surface area contributed by atoms with E-state index >= 15 is 0 Å². The molecule has 0 radical (unpaired) electrons. The van der Waals surface area contributed by atoms with E-state index in [1.807, 2.05) is 0 Å². The van der Waals surface area contributed by atoms with Gasteiger partial charge in [0.05, 0.1) is 18.5 Å². The van der Waals surface area contributed by atoms with E-state index in [4.69, 9.17) is 23.2 Å². The monoisotopic (exact) mass is 517 g/mol. The molecule has 3 rings (SSSR count). The number of halogens is 5. The van der Waals surface area contributed by atoms with Crippen molar-refractivity contribution >= 4 is 35.1 Å². The lowest BCUT2D eigenvalue weighted by Gasteiger charge is -2.49. The summed E-state index contributed by atoms with van der Waals surface area (Å²) in [6.07, 6.45) is -8.43. The molecule has 34 heavy (non-hydrogen) atoms. The molecule has 2 N–H and O–H groups in total. The first-order chi connectivity index (χ1) is 15.9. The van der Waals surface area contributed by atoms with Crippen LogP contribution in [-0.2, 0) is 9.59 Å². The van der Waals surface area contributed by atoms with Gasteiger partial charge in [0, 0.05) is 21.9 Å². The second-order valence-corrected chi connectivity index (χ2v) is 9.27. The zero-order valence-corrected chi connectivity index (χ0v) is 19.7. The van der Waals surface area contributed by atoms with Crippen LogP contribution in [-0.4, -0.2) is 45.3 Å². The van der Waals surface area contributed by atoms with Gasteiger partial charge in [-0.2, -0.15) is 13.2 Å². The molecular weight excluding hydrogens is 494 g/mol. The predicted octanol–water partition coefficient (Wildman–Crippen LogP) is 5.84. The summed E-state index contributed by atoms with van der Waals surface area (Å²) in [6, 6.07) is 10.6. The Morgan fingerprint density at radius 3 is 2.29 bits per heavy atom. The van der Waals surface area contributed by atoms with Gasteiger partial charge in [0.1, 0.15) is 0 Å². The first kappa shape index (κ1) is 26.3. The number of aliphatic carboxylic acids is 1. The molecule has 2 aromatic rings. The zero-order valence-electron chi connectivity index (χ0n) is 18.2. The van der Waals surface area contributed by atoms with Crippen LogP contribution in [0.5, 0.6) is 0 Å². The molecule has 1 aliphatic rings. The summed E-state index contributed by atoms with van der Waals surface area (Å²) < 4.78 is 40.8. The molecule has 1 heterocycles. The molecule has 10 heteroatoms. The summed E-state index contributed by atoms with van der Waals surface area (Å²) >= 11 is 12.2. The zero-order chi connectivity index (χ0) is 25.2. The highest BCUT2D eigenvalue weighted by atomic mass is 35.5. The van der Waals surface area contributed by atoms with Gasteiger partial charge >= 0.3 is 12.1 Å². The van der Waals surface area contributed by atoms with Crippen molar-refractivity contribution < 1.29 is 33.0 Å². The number of nitrogens with zero attached hydrogens (tertiary/aromatic N) is 1. The summed E-state index contributed by atoms with van der Waals surface area (Å²) in [6.45, 7) is 1.45. The number of carbonyl (C=O) groups excluding carboxylic acids is 1. The molecule has 0 spiro atoms. The summed E-state index contributed by atoms with van der Waals surface area (Å²) in [7, 11) is 0. The SMILES string of the molecule is CC[C@@H](C(O)C(F)(F)F)N1C(=O)[C@@H](CC(=O)O)C[C@H](c2cccc(Cl)c2)[C@H]1c1ccc(Cl)cc1. The Balaban J connectivity index is 2.23. The predicted molar refractivity (Wildman–Crippen MR) is 122 cm³/mol. The van der Waals surface area contributed by atoms with Crippen LogP contribution in [0.25, 0.3) is 0 Å². The lowest BCUT2D eigenvalue weighted by Crippen LogP contribution is -2.58. The Morgan fingerprint density at radius 2 is 1.76 bits per heavy atom. The topological polar surface area (TPSA) is 77.8 Å². The number of likely N-dealkylation sites (tertiary alicyclic amines) is 1. The quantitative estimate of drug-likeness (QED) is 0.483. The summed E-state index contributed by atoms with van der Waals surface area (Å²) in [5.41, 5.74) is 1.17. The van der Waals surface area contributed by atoms with Crippen molar-refractivity contribution in [2.45, 2.75) is 56.5 Å². The van der Waals surface area contributed by atoms with Crippen LogP contribution >= 0.6 is 23.2 Å². The summed E-state index contributed by atoms with van der Waals surface area (Å²) in [5.74, 6) is -3.62. The van der Waals surface area contributed by atoms with Crippen LogP contribution in [0.1, 0.15) is 49.3 Å². The van der Waals surface area contributed by atoms with Gasteiger partial charge in [-0.25, -0.2) is 0 Å². The van der Waals surface area contributed by atoms with Crippen molar-refractivity contribution in [3.63, 3.8) is 0 Å². The van der Waals surface area contributed by atoms with Crippen molar-refractivity contribution in [1.29, 1.82) is 0 Å². The highest BCUT2D eigenvalue weighted by Gasteiger charge is 2.52. The number of carboxylic acid groups (broad SMARTS) is 1. The molecule has 0 saturated carbocycles. The van der Waals surface area contributed by atoms with E-state index in [0.29, 0.717) is 21.2 Å². The van der Waals surface area contributed by atoms with Crippen molar-refractivity contribution in [1.82, 2.24) is 4.90 Å². The fourth-order valence-corrected chi connectivity index (χ4v) is 5.05. The number of aliphatic hydroxyl groups is 1. The normalized spacial score (nSPS) is 23.0. The first-order valence-electron chi connectivity index (χ1n) is 10.7. The summed E-state index contributed by atoms with van der Waals surface area (Å²) in [4.78, 5) is 26.1. The Labute approximate surface area is 205 Å². The Hall–Kier alpha value is -2.29. The number of piperidine rings is 1. The Bertz CT molecular complexity index is 1030. The molecule has 0 aromatic heterocycles. The molecular formula is C24H24Cl2F3NO4. The van der Waals surface area contributed by atoms with Gasteiger partial charge in [-0.05, 0) is 48.2 Å². The molecule has 1 fully saturated rings. The van der Waals surface area contributed by atoms with Gasteiger partial charge in [0.2, 0.25) is 5.91 Å². The van der Waals surface area contributed by atoms with E-state index in [-0.39, 0.29) is 12.8 Å². The number of aliphatic hydroxyl groups excluding tert-OH is 1. The van der Waals surface area contributed by atoms with Crippen molar-refractivity contribution in [3.8, 4) is 0 Å². The Kier molecular flexibility index (Phi) is 8.16. The number of benzene rings is 2. The minimum atomic E-state index is -4.98. The molecule has 1 unspecified atom stereocenters. The van der Waals surface area contributed by atoms with Crippen molar-refractivity contribution in [2.75, 3.05) is 0 Å². The second kappa shape index (κ2) is 10.5. The van der Waals surface area contributed by atoms with Crippen LogP contribution in [0.4, 0.5) is 13.2 Å². The van der Waals surface area contributed by atoms with Gasteiger partial charge in [-0.1, -0.05) is 54.4 Å². The van der Waals surface area contributed by atoms with Crippen LogP contribution in [0, 0.1) is 5.92 Å². The van der Waals surface area contributed by atoms with E-state index in [9.17, 15) is 33.0 Å². The number of hydrogen-bond donors (Lipinski definition) is 2. The number of amides is 1. The number of alkyl halides is 3. The minimum absolute atomic E-state index is 0.0911. The molecule has 0 bridgehead atoms. The van der Waals surface area contributed by atoms with Crippen molar-refractivity contribution in [3.05, 3.63) is 69.7 Å². The molecule has 1 saturated heterocycles. The molecule has 1 amide bonds. The van der Waals surface area contributed by atoms with Gasteiger partial charge < -0.3 is 15.1 Å². The first-order valence-corrected chi connectivity index (χ1v) is 11.5. The maximum absolute atomic E-state index is 13.6. The van der Waals surface area contributed by atoms with E-state index in [1.165, 1.54) is 6.92 Å². The third kappa shape index (κ3) is 5.67. The van der Waals surface area contributed by atoms with E-state index in [0.717, 1.165) is 4.90 Å². The van der Waals surface area contributed by atoms with Gasteiger partial charge in [-0.15, -0.1) is 0 Å². The lowest BCUT2D eigenvalue weighted by molar-refractivity contribution is -0.226. The van der Waals surface area contributed by atoms with Crippen LogP contribution in [0.3, 0.4) is 0 Å². The van der Waals surface area contributed by atoms with E-state index in [2.05, 4.69) is 0 Å². The van der Waals surface area contributed by atoms with Crippen LogP contribution in [0.2, 0.25) is 10.0 Å². The van der Waals surface area contributed by atoms with E-state index < -0.39 is 54.5 Å². The molecule has 5 atom stereocenters. The standard InChI is InChI=1S/C24H24Cl2F3NO4/c1-2-19(22(33)24(27,28)29)30-21(13-6-8-16(25)9-7-13)18(14-4-3-5-17(26)10-14)11-15(23(30)34)12-20(31)32/h3-10,15,18-19,21-22,33H,2,11-12H2,1H3,(H,31,32)/t15-,18-,19+,21-,22?/m1/s1. The maximum atomic E-state index is 13.6. The largest absolute Gasteiger partial charge is 0.481 e. The number of carboxylic acids is 1. The lowest BCUT2D eigenvalue weighted by atomic mass is 9.74. The fraction of sp³-hybridized carbons (Fsp3) is 0.417. The van der Waals surface area contributed by atoms with Crippen LogP contribution < -0.4 is 0 Å². The van der Waals surface area contributed by atoms with Crippen LogP contribution in [0.15, 0.2) is 48.5 Å². The highest BCUT2D eigenvalue weighted by molar-refractivity contribution is 6.30. The van der Waals surface area contributed by atoms with Gasteiger partial charge in [0.15, 0.2) is 6.10 Å². The molecule has 2 aromatic carbocycles. The number of hydrogen-bond acceptors (Lipinski definition) is 3. The highest BCUT2D eigenvalue weighted by Crippen LogP contribution is 2.48. The van der Waals surface area contributed by atoms with Gasteiger partial charge in [0.25, 0.3) is 0 Å². The molecule has 184 valence electrons. The summed E-state index contributed by atoms with van der Waals surface area (Å²) in [5, 5.41) is 20.4. The molecule has 0 aliphatic carbocycles. The number of carbonyl (C=O) groups is 2. The Morgan fingerprint density at radius 1 is 1.12 bits per heavy atom.